The summed E-state index contributed by atoms with van der Waals surface area (Å²) in [7, 11) is 0. The van der Waals surface area contributed by atoms with Gasteiger partial charge in [-0.25, -0.2) is 4.79 Å². The molecule has 0 bridgehead atoms. The molecule has 4 rings (SSSR count). The minimum Gasteiger partial charge on any atom is -0.508 e. The Kier molecular flexibility index (Phi) is 11.6. The third-order valence-electron chi connectivity index (χ3n) is 6.35. The number of benzene rings is 3. The van der Waals surface area contributed by atoms with E-state index < -0.39 is 5.97 Å². The Labute approximate surface area is 258 Å². The number of thiocarbonyl (C=S) groups is 1. The second kappa shape index (κ2) is 15.8. The van der Waals surface area contributed by atoms with Crippen molar-refractivity contribution in [3.8, 4) is 28.2 Å². The van der Waals surface area contributed by atoms with Gasteiger partial charge >= 0.3 is 5.97 Å². The lowest BCUT2D eigenvalue weighted by atomic mass is 9.90. The van der Waals surface area contributed by atoms with Crippen LogP contribution in [0.3, 0.4) is 0 Å². The van der Waals surface area contributed by atoms with Crippen LogP contribution in [0.25, 0.3) is 33.4 Å². The highest BCUT2D eigenvalue weighted by atomic mass is 32.1. The molecule has 0 unspecified atom stereocenters. The number of carboxylic acids is 1. The van der Waals surface area contributed by atoms with Crippen molar-refractivity contribution in [2.75, 3.05) is 58.0 Å². The van der Waals surface area contributed by atoms with Crippen molar-refractivity contribution in [2.45, 2.75) is 6.92 Å². The second-order valence-corrected chi connectivity index (χ2v) is 9.99. The average molecular weight is 624 g/mol. The van der Waals surface area contributed by atoms with E-state index in [1.807, 2.05) is 0 Å². The van der Waals surface area contributed by atoms with Gasteiger partial charge in [0.2, 0.25) is 5.91 Å². The molecule has 1 heterocycles. The number of amides is 1. The van der Waals surface area contributed by atoms with E-state index in [9.17, 15) is 24.6 Å². The monoisotopic (exact) mass is 623 g/mol. The van der Waals surface area contributed by atoms with Crippen molar-refractivity contribution in [1.29, 1.82) is 0 Å². The summed E-state index contributed by atoms with van der Waals surface area (Å²) in [6, 6.07) is 13.7. The molecule has 232 valence electrons. The van der Waals surface area contributed by atoms with Crippen molar-refractivity contribution < 1.29 is 38.4 Å². The highest BCUT2D eigenvalue weighted by Crippen LogP contribution is 2.42. The van der Waals surface area contributed by atoms with Crippen LogP contribution in [0, 0.1) is 0 Å². The van der Waals surface area contributed by atoms with Crippen LogP contribution in [0.1, 0.15) is 17.3 Å². The molecule has 0 aromatic heterocycles. The Hall–Kier alpha value is -4.56. The summed E-state index contributed by atoms with van der Waals surface area (Å²) < 4.78 is 22.1. The molecule has 0 saturated carbocycles. The Morgan fingerprint density at radius 1 is 0.841 bits per heavy atom. The number of carbonyl (C=O) groups excluding carboxylic acids is 1. The number of phenols is 1. The van der Waals surface area contributed by atoms with Crippen molar-refractivity contribution in [3.63, 3.8) is 0 Å². The van der Waals surface area contributed by atoms with Crippen molar-refractivity contribution in [3.05, 3.63) is 70.4 Å². The molecule has 0 atom stereocenters. The van der Waals surface area contributed by atoms with Gasteiger partial charge in [-0.05, 0) is 54.2 Å². The first-order valence-corrected chi connectivity index (χ1v) is 14.2. The van der Waals surface area contributed by atoms with Crippen LogP contribution in [0.15, 0.2) is 63.8 Å². The van der Waals surface area contributed by atoms with Crippen LogP contribution in [0.2, 0.25) is 0 Å². The first kappa shape index (κ1) is 32.4. The summed E-state index contributed by atoms with van der Waals surface area (Å²) in [5, 5.41) is 29.6. The molecule has 1 amide bonds. The summed E-state index contributed by atoms with van der Waals surface area (Å²) in [5.74, 6) is -1.01. The van der Waals surface area contributed by atoms with Crippen LogP contribution in [0.4, 0.5) is 5.69 Å². The molecular weight excluding hydrogens is 590 g/mol. The fourth-order valence-electron chi connectivity index (χ4n) is 4.42. The maximum Gasteiger partial charge on any atom is 0.336 e. The van der Waals surface area contributed by atoms with Crippen molar-refractivity contribution >= 4 is 45.9 Å². The fraction of sp³-hybridized carbons (Fsp3) is 0.290. The first-order valence-electron chi connectivity index (χ1n) is 13.8. The van der Waals surface area contributed by atoms with Gasteiger partial charge < -0.3 is 44.8 Å². The highest BCUT2D eigenvalue weighted by Gasteiger charge is 2.22. The molecule has 2 aliphatic rings. The predicted octanol–water partition coefficient (Wildman–Crippen LogP) is 3.44. The number of aromatic hydroxyl groups is 1. The zero-order valence-electron chi connectivity index (χ0n) is 24.0. The zero-order valence-corrected chi connectivity index (χ0v) is 24.8. The van der Waals surface area contributed by atoms with E-state index in [1.165, 1.54) is 37.3 Å². The molecule has 2 aromatic carbocycles. The summed E-state index contributed by atoms with van der Waals surface area (Å²) in [4.78, 5) is 35.2. The number of fused-ring (bicyclic) bond motifs is 2. The molecule has 1 aliphatic carbocycles. The van der Waals surface area contributed by atoms with E-state index in [-0.39, 0.29) is 28.4 Å². The Morgan fingerprint density at radius 3 is 2.18 bits per heavy atom. The van der Waals surface area contributed by atoms with Gasteiger partial charge in [0.15, 0.2) is 10.5 Å². The fourth-order valence-corrected chi connectivity index (χ4v) is 4.64. The topological polar surface area (TPSA) is 169 Å². The lowest BCUT2D eigenvalue weighted by molar-refractivity contribution is -0.119. The quantitative estimate of drug-likeness (QED) is 0.0744. The molecule has 44 heavy (non-hydrogen) atoms. The van der Waals surface area contributed by atoms with E-state index in [0.717, 1.165) is 0 Å². The van der Waals surface area contributed by atoms with Gasteiger partial charge in [-0.15, -0.1) is 0 Å². The minimum absolute atomic E-state index is 0.00679. The Morgan fingerprint density at radius 2 is 1.50 bits per heavy atom. The maximum absolute atomic E-state index is 12.4. The van der Waals surface area contributed by atoms with Crippen LogP contribution < -0.4 is 21.4 Å². The van der Waals surface area contributed by atoms with Gasteiger partial charge in [-0.2, -0.15) is 0 Å². The van der Waals surface area contributed by atoms with Crippen LogP contribution in [0.5, 0.6) is 5.75 Å². The largest absolute Gasteiger partial charge is 0.508 e. The molecule has 13 heteroatoms. The second-order valence-electron chi connectivity index (χ2n) is 9.58. The summed E-state index contributed by atoms with van der Waals surface area (Å²) in [6.45, 7) is 4.77. The van der Waals surface area contributed by atoms with Gasteiger partial charge in [0.1, 0.15) is 17.1 Å². The van der Waals surface area contributed by atoms with Crippen LogP contribution >= 0.6 is 12.2 Å². The summed E-state index contributed by atoms with van der Waals surface area (Å²) >= 11 is 5.36. The molecule has 0 spiro atoms. The number of nitrogens with one attached hydrogen (secondary N) is 3. The van der Waals surface area contributed by atoms with Gasteiger partial charge in [-0.1, -0.05) is 6.07 Å². The lowest BCUT2D eigenvalue weighted by Gasteiger charge is -2.18. The standard InChI is InChI=1S/C31H33N3O9S/c1-19(35)32-8-10-40-12-14-42-15-13-41-11-9-33-31(44)34-20-2-5-23(26(16-20)30(38)39)29-24-6-3-21(36)17-27(24)43-28-18-22(37)4-7-25(28)29/h2-7,16-18,36H,8-15H2,1H3,(H,32,35)(H,38,39)(H2,33,34,44). The van der Waals surface area contributed by atoms with Gasteiger partial charge in [0.25, 0.3) is 0 Å². The van der Waals surface area contributed by atoms with Crippen LogP contribution in [-0.4, -0.2) is 79.9 Å². The minimum atomic E-state index is -1.16. The number of ether oxygens (including phenoxy) is 3. The van der Waals surface area contributed by atoms with Gasteiger partial charge in [0.05, 0.1) is 45.2 Å². The van der Waals surface area contributed by atoms with E-state index >= 15 is 0 Å². The molecule has 1 aliphatic heterocycles. The Bertz CT molecular complexity index is 1660. The molecular formula is C31H33N3O9S. The van der Waals surface area contributed by atoms with E-state index in [2.05, 4.69) is 16.0 Å². The van der Waals surface area contributed by atoms with Gasteiger partial charge in [-0.3, -0.25) is 9.59 Å². The van der Waals surface area contributed by atoms with Crippen molar-refractivity contribution in [2.24, 2.45) is 0 Å². The Balaban J connectivity index is 1.31. The highest BCUT2D eigenvalue weighted by molar-refractivity contribution is 7.80. The molecule has 0 radical (unpaired) electrons. The number of hydrogen-bond donors (Lipinski definition) is 5. The molecule has 2 aromatic rings. The predicted molar refractivity (Wildman–Crippen MR) is 169 cm³/mol. The zero-order chi connectivity index (χ0) is 31.5. The molecule has 0 fully saturated rings. The first-order chi connectivity index (χ1) is 21.2. The lowest BCUT2D eigenvalue weighted by Crippen LogP contribution is -2.31. The summed E-state index contributed by atoms with van der Waals surface area (Å²) in [6.07, 6.45) is 0. The van der Waals surface area contributed by atoms with E-state index in [4.69, 9.17) is 30.8 Å². The number of hydrogen-bond acceptors (Lipinski definition) is 9. The normalized spacial score (nSPS) is 11.0. The third-order valence-corrected chi connectivity index (χ3v) is 6.60. The molecule has 5 N–H and O–H groups in total. The average Bonchev–Trinajstić information content (AvgIpc) is 2.98. The summed E-state index contributed by atoms with van der Waals surface area (Å²) in [5.41, 5.74) is 2.03. The molecule has 12 nitrogen and oxygen atoms in total. The number of rotatable bonds is 15. The van der Waals surface area contributed by atoms with Crippen LogP contribution in [-0.2, 0) is 19.0 Å². The maximum atomic E-state index is 12.4. The number of carboxylic acid groups (broad SMARTS) is 1. The van der Waals surface area contributed by atoms with E-state index in [1.54, 1.807) is 24.3 Å². The van der Waals surface area contributed by atoms with Gasteiger partial charge in [0, 0.05) is 54.3 Å². The number of aromatic carboxylic acids is 1. The number of phenolic OH excluding ortho intramolecular Hbond substituents is 1. The van der Waals surface area contributed by atoms with E-state index in [0.29, 0.717) is 91.2 Å². The SMILES string of the molecule is CC(=O)NCCOCCOCCOCCNC(=S)Nc1ccc(-c2c3ccc(=O)cc-3oc3cc(O)ccc23)c(C(=O)O)c1. The molecule has 0 saturated heterocycles. The number of carbonyl (C=O) groups is 2. The smallest absolute Gasteiger partial charge is 0.336 e. The van der Waals surface area contributed by atoms with Crippen molar-refractivity contribution in [1.82, 2.24) is 10.6 Å². The third kappa shape index (κ3) is 8.97. The number of anilines is 1.